The second-order valence-electron chi connectivity index (χ2n) is 5.70. The topological polar surface area (TPSA) is 41.6 Å². The Balaban J connectivity index is 1.79. The Hall–Kier alpha value is -2.80. The molecule has 2 aromatic rings. The summed E-state index contributed by atoms with van der Waals surface area (Å²) in [6.07, 6.45) is 1.62. The molecule has 0 bridgehead atoms. The summed E-state index contributed by atoms with van der Waals surface area (Å²) in [5, 5.41) is 3.25. The number of amides is 1. The number of hydrogen-bond acceptors (Lipinski definition) is 3. The third-order valence-electron chi connectivity index (χ3n) is 4.00. The molecule has 1 aliphatic heterocycles. The van der Waals surface area contributed by atoms with Gasteiger partial charge in [-0.25, -0.2) is 0 Å². The molecule has 1 atom stereocenters. The highest BCUT2D eigenvalue weighted by atomic mass is 32.1. The molecule has 1 aliphatic rings. The van der Waals surface area contributed by atoms with E-state index >= 15 is 0 Å². The lowest BCUT2D eigenvalue weighted by Gasteiger charge is -2.23. The number of carbonyl (C=O) groups excluding carboxylic acids is 1. The molecule has 1 amide bonds. The first-order chi connectivity index (χ1) is 12.5. The van der Waals surface area contributed by atoms with E-state index in [4.69, 9.17) is 12.2 Å². The molecule has 26 heavy (non-hydrogen) atoms. The highest BCUT2D eigenvalue weighted by Crippen LogP contribution is 2.26. The lowest BCUT2D eigenvalue weighted by atomic mass is 10.1. The number of hydrogen-bond donors (Lipinski definition) is 1. The van der Waals surface area contributed by atoms with Gasteiger partial charge in [-0.3, -0.25) is 9.69 Å². The van der Waals surface area contributed by atoms with E-state index in [0.29, 0.717) is 16.4 Å². The van der Waals surface area contributed by atoms with Crippen LogP contribution in [0.4, 0.5) is 8.78 Å². The van der Waals surface area contributed by atoms with Gasteiger partial charge in [0, 0.05) is 0 Å². The Morgan fingerprint density at radius 1 is 1.12 bits per heavy atom. The van der Waals surface area contributed by atoms with Crippen LogP contribution in [-0.4, -0.2) is 22.5 Å². The van der Waals surface area contributed by atoms with Crippen molar-refractivity contribution in [2.24, 2.45) is 0 Å². The zero-order valence-electron chi connectivity index (χ0n) is 13.9. The van der Waals surface area contributed by atoms with E-state index in [-0.39, 0.29) is 17.7 Å². The summed E-state index contributed by atoms with van der Waals surface area (Å²) in [7, 11) is 0. The first-order valence-corrected chi connectivity index (χ1v) is 8.32. The van der Waals surface area contributed by atoms with Crippen LogP contribution in [0.3, 0.4) is 0 Å². The Labute approximate surface area is 155 Å². The molecule has 3 rings (SSSR count). The van der Waals surface area contributed by atoms with Gasteiger partial charge in [0.15, 0.2) is 5.11 Å². The highest BCUT2D eigenvalue weighted by Gasteiger charge is 2.34. The first kappa shape index (κ1) is 18.0. The largest absolute Gasteiger partial charge is 0.435 e. The number of ether oxygens (including phenoxy) is 1. The van der Waals surface area contributed by atoms with Crippen molar-refractivity contribution in [3.8, 4) is 5.75 Å². The second-order valence-corrected chi connectivity index (χ2v) is 6.08. The summed E-state index contributed by atoms with van der Waals surface area (Å²) >= 11 is 5.31. The summed E-state index contributed by atoms with van der Waals surface area (Å²) in [4.78, 5) is 14.2. The van der Waals surface area contributed by atoms with E-state index < -0.39 is 6.61 Å². The predicted octanol–water partition coefficient (Wildman–Crippen LogP) is 4.11. The van der Waals surface area contributed by atoms with Crippen molar-refractivity contribution >= 4 is 29.3 Å². The van der Waals surface area contributed by atoms with Crippen LogP contribution in [0.25, 0.3) is 6.08 Å². The third kappa shape index (κ3) is 3.88. The number of alkyl halides is 2. The number of nitrogens with one attached hydrogen (secondary N) is 1. The summed E-state index contributed by atoms with van der Waals surface area (Å²) in [6, 6.07) is 15.4. The van der Waals surface area contributed by atoms with Crippen LogP contribution >= 0.6 is 12.2 Å². The Morgan fingerprint density at radius 3 is 2.38 bits per heavy atom. The van der Waals surface area contributed by atoms with Gasteiger partial charge in [0.25, 0.3) is 5.91 Å². The Morgan fingerprint density at radius 2 is 1.77 bits per heavy atom. The second kappa shape index (κ2) is 7.61. The molecule has 134 valence electrons. The van der Waals surface area contributed by atoms with E-state index in [9.17, 15) is 13.6 Å². The number of carbonyl (C=O) groups is 1. The standard InChI is InChI=1S/C19H16F2N2O2S/c1-12(14-5-3-2-4-6-14)23-17(24)16(22-19(23)26)11-13-7-9-15(10-8-13)25-18(20)21/h2-12,18H,1H3,(H,22,26). The van der Waals surface area contributed by atoms with Crippen molar-refractivity contribution < 1.29 is 18.3 Å². The van der Waals surface area contributed by atoms with Crippen LogP contribution in [0.2, 0.25) is 0 Å². The zero-order valence-corrected chi connectivity index (χ0v) is 14.7. The van der Waals surface area contributed by atoms with Crippen LogP contribution in [0.5, 0.6) is 5.75 Å². The molecule has 1 heterocycles. The third-order valence-corrected chi connectivity index (χ3v) is 4.29. The van der Waals surface area contributed by atoms with Crippen LogP contribution in [0.1, 0.15) is 24.1 Å². The summed E-state index contributed by atoms with van der Waals surface area (Å²) in [6.45, 7) is -0.969. The lowest BCUT2D eigenvalue weighted by Crippen LogP contribution is -2.33. The zero-order chi connectivity index (χ0) is 18.7. The molecule has 1 saturated heterocycles. The van der Waals surface area contributed by atoms with Crippen LogP contribution in [0, 0.1) is 0 Å². The molecule has 2 aromatic carbocycles. The lowest BCUT2D eigenvalue weighted by molar-refractivity contribution is -0.123. The molecule has 0 radical (unpaired) electrons. The maximum atomic E-state index is 12.7. The quantitative estimate of drug-likeness (QED) is 0.632. The van der Waals surface area contributed by atoms with Gasteiger partial charge >= 0.3 is 6.61 Å². The van der Waals surface area contributed by atoms with Gasteiger partial charge < -0.3 is 10.1 Å². The van der Waals surface area contributed by atoms with Crippen molar-refractivity contribution in [2.75, 3.05) is 0 Å². The maximum Gasteiger partial charge on any atom is 0.387 e. The maximum absolute atomic E-state index is 12.7. The van der Waals surface area contributed by atoms with Crippen LogP contribution in [0.15, 0.2) is 60.3 Å². The van der Waals surface area contributed by atoms with Gasteiger partial charge in [0.05, 0.1) is 6.04 Å². The molecule has 1 N–H and O–H groups in total. The van der Waals surface area contributed by atoms with E-state index in [1.165, 1.54) is 17.0 Å². The van der Waals surface area contributed by atoms with E-state index in [2.05, 4.69) is 10.1 Å². The van der Waals surface area contributed by atoms with Gasteiger partial charge in [-0.2, -0.15) is 8.78 Å². The number of halogens is 2. The monoisotopic (exact) mass is 374 g/mol. The molecular formula is C19H16F2N2O2S. The van der Waals surface area contributed by atoms with Crippen molar-refractivity contribution in [2.45, 2.75) is 19.6 Å². The minimum atomic E-state index is -2.87. The number of rotatable bonds is 5. The van der Waals surface area contributed by atoms with Gasteiger partial charge in [-0.1, -0.05) is 42.5 Å². The Kier molecular flexibility index (Phi) is 5.27. The van der Waals surface area contributed by atoms with E-state index in [1.54, 1.807) is 18.2 Å². The van der Waals surface area contributed by atoms with Crippen LogP contribution in [-0.2, 0) is 4.79 Å². The number of nitrogens with zero attached hydrogens (tertiary/aromatic N) is 1. The van der Waals surface area contributed by atoms with Gasteiger partial charge in [-0.15, -0.1) is 0 Å². The minimum absolute atomic E-state index is 0.0581. The fraction of sp³-hybridized carbons (Fsp3) is 0.158. The SMILES string of the molecule is CC(c1ccccc1)N1C(=O)C(=Cc2ccc(OC(F)F)cc2)NC1=S. The van der Waals surface area contributed by atoms with Crippen molar-refractivity contribution in [3.63, 3.8) is 0 Å². The molecule has 0 spiro atoms. The summed E-state index contributed by atoms with van der Waals surface area (Å²) in [5.74, 6) is -0.179. The van der Waals surface area contributed by atoms with Gasteiger partial charge in [-0.05, 0) is 48.5 Å². The Bertz CT molecular complexity index is 838. The molecule has 7 heteroatoms. The van der Waals surface area contributed by atoms with Gasteiger partial charge in [0.1, 0.15) is 11.4 Å². The molecule has 1 unspecified atom stereocenters. The predicted molar refractivity (Wildman–Crippen MR) is 98.5 cm³/mol. The first-order valence-electron chi connectivity index (χ1n) is 7.92. The van der Waals surface area contributed by atoms with Gasteiger partial charge in [0.2, 0.25) is 0 Å². The van der Waals surface area contributed by atoms with Crippen molar-refractivity contribution in [1.29, 1.82) is 0 Å². The van der Waals surface area contributed by atoms with E-state index in [1.807, 2.05) is 37.3 Å². The molecular weight excluding hydrogens is 358 g/mol. The number of benzene rings is 2. The molecule has 0 saturated carbocycles. The average Bonchev–Trinajstić information content (AvgIpc) is 2.90. The average molecular weight is 374 g/mol. The normalized spacial score (nSPS) is 16.9. The fourth-order valence-corrected chi connectivity index (χ4v) is 3.04. The minimum Gasteiger partial charge on any atom is -0.435 e. The molecule has 1 fully saturated rings. The molecule has 4 nitrogen and oxygen atoms in total. The summed E-state index contributed by atoms with van der Waals surface area (Å²) < 4.78 is 28.7. The smallest absolute Gasteiger partial charge is 0.387 e. The molecule has 0 aliphatic carbocycles. The number of thiocarbonyl (C=S) groups is 1. The summed E-state index contributed by atoms with van der Waals surface area (Å²) in [5.41, 5.74) is 1.97. The van der Waals surface area contributed by atoms with Crippen molar-refractivity contribution in [3.05, 3.63) is 71.4 Å². The molecule has 0 aromatic heterocycles. The highest BCUT2D eigenvalue weighted by molar-refractivity contribution is 7.80. The fourth-order valence-electron chi connectivity index (χ4n) is 2.69. The van der Waals surface area contributed by atoms with E-state index in [0.717, 1.165) is 5.56 Å². The van der Waals surface area contributed by atoms with Crippen molar-refractivity contribution in [1.82, 2.24) is 10.2 Å². The van der Waals surface area contributed by atoms with Crippen LogP contribution < -0.4 is 10.1 Å².